The summed E-state index contributed by atoms with van der Waals surface area (Å²) in [5, 5.41) is 23.4. The van der Waals surface area contributed by atoms with Crippen LogP contribution in [-0.2, 0) is 0 Å². The molecule has 2 aromatic rings. The van der Waals surface area contributed by atoms with Gasteiger partial charge in [-0.15, -0.1) is 0 Å². The Morgan fingerprint density at radius 2 is 2.33 bits per heavy atom. The Balaban J connectivity index is 2.22. The van der Waals surface area contributed by atoms with Crippen molar-refractivity contribution >= 4 is 11.4 Å². The Morgan fingerprint density at radius 1 is 1.57 bits per heavy atom. The predicted octanol–water partition coefficient (Wildman–Crippen LogP) is 2.48. The van der Waals surface area contributed by atoms with Crippen LogP contribution in [0.2, 0.25) is 0 Å². The van der Waals surface area contributed by atoms with Gasteiger partial charge in [0.25, 0.3) is 0 Å². The van der Waals surface area contributed by atoms with Gasteiger partial charge in [0.15, 0.2) is 0 Å². The first-order chi connectivity index (χ1) is 10.0. The molecule has 1 aromatic carbocycles. The zero-order chi connectivity index (χ0) is 15.4. The van der Waals surface area contributed by atoms with Crippen LogP contribution >= 0.6 is 0 Å². The molecule has 1 atom stereocenters. The van der Waals surface area contributed by atoms with Gasteiger partial charge in [-0.25, -0.2) is 0 Å². The molecule has 21 heavy (non-hydrogen) atoms. The number of aliphatic hydroxyl groups excluding tert-OH is 1. The Kier molecular flexibility index (Phi) is 4.39. The number of nitro groups is 1. The zero-order valence-electron chi connectivity index (χ0n) is 11.1. The molecular weight excluding hydrogens is 283 g/mol. The first kappa shape index (κ1) is 14.8. The molecule has 0 saturated carbocycles. The number of furan rings is 1. The van der Waals surface area contributed by atoms with Crippen molar-refractivity contribution in [2.75, 3.05) is 19.0 Å². The molecule has 0 aliphatic rings. The SMILES string of the molecule is COc1cc(F)c([N+](=O)[O-])c(NC[C@@H](O)c2ccco2)c1. The number of nitro benzene ring substituents is 1. The van der Waals surface area contributed by atoms with Crippen LogP contribution in [0.3, 0.4) is 0 Å². The van der Waals surface area contributed by atoms with E-state index in [0.29, 0.717) is 5.76 Å². The largest absolute Gasteiger partial charge is 0.497 e. The third-order valence-electron chi connectivity index (χ3n) is 2.81. The number of nitrogens with zero attached hydrogens (tertiary/aromatic N) is 1. The van der Waals surface area contributed by atoms with Crippen LogP contribution in [0.25, 0.3) is 0 Å². The zero-order valence-corrected chi connectivity index (χ0v) is 11.1. The number of nitrogens with one attached hydrogen (secondary N) is 1. The Hall–Kier alpha value is -2.61. The van der Waals surface area contributed by atoms with Gasteiger partial charge >= 0.3 is 5.69 Å². The van der Waals surface area contributed by atoms with Gasteiger partial charge in [-0.1, -0.05) is 0 Å². The van der Waals surface area contributed by atoms with Gasteiger partial charge in [-0.05, 0) is 12.1 Å². The second kappa shape index (κ2) is 6.23. The molecule has 8 heteroatoms. The van der Waals surface area contributed by atoms with E-state index in [1.807, 2.05) is 0 Å². The van der Waals surface area contributed by atoms with E-state index in [2.05, 4.69) is 5.32 Å². The normalized spacial score (nSPS) is 12.0. The van der Waals surface area contributed by atoms with Crippen LogP contribution in [0.5, 0.6) is 5.75 Å². The lowest BCUT2D eigenvalue weighted by molar-refractivity contribution is -0.386. The average molecular weight is 296 g/mol. The summed E-state index contributed by atoms with van der Waals surface area (Å²) < 4.78 is 23.6. The molecule has 0 amide bonds. The highest BCUT2D eigenvalue weighted by Crippen LogP contribution is 2.32. The first-order valence-electron chi connectivity index (χ1n) is 6.00. The first-order valence-corrected chi connectivity index (χ1v) is 6.00. The second-order valence-corrected chi connectivity index (χ2v) is 4.17. The highest BCUT2D eigenvalue weighted by atomic mass is 19.1. The number of hydrogen-bond acceptors (Lipinski definition) is 6. The smallest absolute Gasteiger partial charge is 0.327 e. The number of hydrogen-bond donors (Lipinski definition) is 2. The van der Waals surface area contributed by atoms with E-state index in [4.69, 9.17) is 9.15 Å². The van der Waals surface area contributed by atoms with Gasteiger partial charge in [-0.2, -0.15) is 4.39 Å². The van der Waals surface area contributed by atoms with Crippen LogP contribution in [0, 0.1) is 15.9 Å². The summed E-state index contributed by atoms with van der Waals surface area (Å²) in [6, 6.07) is 5.38. The molecule has 0 fully saturated rings. The van der Waals surface area contributed by atoms with E-state index in [0.717, 1.165) is 6.07 Å². The minimum Gasteiger partial charge on any atom is -0.497 e. The molecule has 0 saturated heterocycles. The lowest BCUT2D eigenvalue weighted by Gasteiger charge is -2.12. The average Bonchev–Trinajstić information content (AvgIpc) is 2.97. The summed E-state index contributed by atoms with van der Waals surface area (Å²) in [6.45, 7) is -0.0824. The molecule has 0 aliphatic carbocycles. The van der Waals surface area contributed by atoms with Gasteiger partial charge < -0.3 is 19.6 Å². The summed E-state index contributed by atoms with van der Waals surface area (Å²) in [4.78, 5) is 10.1. The number of halogens is 1. The molecule has 1 aromatic heterocycles. The minimum absolute atomic E-state index is 0.0811. The van der Waals surface area contributed by atoms with Crippen LogP contribution in [0.1, 0.15) is 11.9 Å². The van der Waals surface area contributed by atoms with Gasteiger partial charge in [0.05, 0.1) is 18.3 Å². The molecule has 2 N–H and O–H groups in total. The fourth-order valence-electron chi connectivity index (χ4n) is 1.80. The second-order valence-electron chi connectivity index (χ2n) is 4.17. The molecule has 2 rings (SSSR count). The molecule has 7 nitrogen and oxygen atoms in total. The summed E-state index contributed by atoms with van der Waals surface area (Å²) in [5.41, 5.74) is -0.787. The lowest BCUT2D eigenvalue weighted by atomic mass is 10.2. The van der Waals surface area contributed by atoms with Gasteiger partial charge in [0.2, 0.25) is 5.82 Å². The summed E-state index contributed by atoms with van der Waals surface area (Å²) in [6.07, 6.45) is 0.375. The monoisotopic (exact) mass is 296 g/mol. The molecule has 0 unspecified atom stereocenters. The predicted molar refractivity (Wildman–Crippen MR) is 71.8 cm³/mol. The van der Waals surface area contributed by atoms with Crippen molar-refractivity contribution in [2.45, 2.75) is 6.10 Å². The third kappa shape index (κ3) is 3.29. The van der Waals surface area contributed by atoms with Gasteiger partial charge in [-0.3, -0.25) is 10.1 Å². The number of aliphatic hydroxyl groups is 1. The molecular formula is C13H13FN2O5. The summed E-state index contributed by atoms with van der Waals surface area (Å²) >= 11 is 0. The lowest BCUT2D eigenvalue weighted by Crippen LogP contribution is -2.13. The fourth-order valence-corrected chi connectivity index (χ4v) is 1.80. The molecule has 1 heterocycles. The van der Waals surface area contributed by atoms with Crippen LogP contribution < -0.4 is 10.1 Å². The van der Waals surface area contributed by atoms with Crippen molar-refractivity contribution in [3.63, 3.8) is 0 Å². The molecule has 0 spiro atoms. The van der Waals surface area contributed by atoms with E-state index in [-0.39, 0.29) is 18.0 Å². The van der Waals surface area contributed by atoms with Crippen LogP contribution in [-0.4, -0.2) is 23.7 Å². The van der Waals surface area contributed by atoms with E-state index < -0.39 is 22.5 Å². The van der Waals surface area contributed by atoms with Crippen molar-refractivity contribution in [3.05, 3.63) is 52.2 Å². The highest BCUT2D eigenvalue weighted by molar-refractivity contribution is 5.65. The maximum absolute atomic E-state index is 13.7. The molecule has 0 aliphatic heterocycles. The van der Waals surface area contributed by atoms with Crippen molar-refractivity contribution in [1.82, 2.24) is 0 Å². The Bertz CT molecular complexity index is 630. The van der Waals surface area contributed by atoms with E-state index in [9.17, 15) is 19.6 Å². The van der Waals surface area contributed by atoms with Gasteiger partial charge in [0, 0.05) is 18.7 Å². The van der Waals surface area contributed by atoms with Crippen molar-refractivity contribution < 1.29 is 23.6 Å². The van der Waals surface area contributed by atoms with Crippen molar-refractivity contribution in [3.8, 4) is 5.75 Å². The van der Waals surface area contributed by atoms with E-state index in [1.54, 1.807) is 12.1 Å². The molecule has 0 radical (unpaired) electrons. The quantitative estimate of drug-likeness (QED) is 0.627. The van der Waals surface area contributed by atoms with Crippen LogP contribution in [0.4, 0.5) is 15.8 Å². The Labute approximate surface area is 119 Å². The van der Waals surface area contributed by atoms with Crippen LogP contribution in [0.15, 0.2) is 34.9 Å². The Morgan fingerprint density at radius 3 is 2.90 bits per heavy atom. The van der Waals surface area contributed by atoms with Crippen molar-refractivity contribution in [2.24, 2.45) is 0 Å². The fraction of sp³-hybridized carbons (Fsp3) is 0.231. The van der Waals surface area contributed by atoms with E-state index >= 15 is 0 Å². The molecule has 0 bridgehead atoms. The maximum Gasteiger partial charge on any atom is 0.327 e. The summed E-state index contributed by atoms with van der Waals surface area (Å²) in [7, 11) is 1.32. The number of rotatable bonds is 6. The minimum atomic E-state index is -1.02. The topological polar surface area (TPSA) is 97.8 Å². The maximum atomic E-state index is 13.7. The standard InChI is InChI=1S/C13H13FN2O5/c1-20-8-5-9(14)13(16(18)19)10(6-8)15-7-11(17)12-3-2-4-21-12/h2-6,11,15,17H,7H2,1H3/t11-/m1/s1. The highest BCUT2D eigenvalue weighted by Gasteiger charge is 2.23. The third-order valence-corrected chi connectivity index (χ3v) is 2.81. The molecule has 112 valence electrons. The number of anilines is 1. The van der Waals surface area contributed by atoms with Gasteiger partial charge in [0.1, 0.15) is 23.3 Å². The summed E-state index contributed by atoms with van der Waals surface area (Å²) in [5.74, 6) is -0.587. The number of ether oxygens (including phenoxy) is 1. The number of methoxy groups -OCH3 is 1. The van der Waals surface area contributed by atoms with E-state index in [1.165, 1.54) is 19.4 Å². The number of benzene rings is 1. The van der Waals surface area contributed by atoms with Crippen molar-refractivity contribution in [1.29, 1.82) is 0 Å².